The molecule has 5 heteroatoms. The van der Waals surface area contributed by atoms with E-state index < -0.39 is 6.10 Å². The third-order valence-corrected chi connectivity index (χ3v) is 6.65. The number of piperazine rings is 1. The van der Waals surface area contributed by atoms with E-state index in [1.165, 1.54) is 23.8 Å². The number of benzene rings is 1. The summed E-state index contributed by atoms with van der Waals surface area (Å²) in [5, 5.41) is 10.5. The van der Waals surface area contributed by atoms with Crippen molar-refractivity contribution in [2.75, 3.05) is 44.2 Å². The smallest absolute Gasteiger partial charge is 0.146 e. The number of nitrogens with zero attached hydrogens (tertiary/aromatic N) is 1. The molecule has 4 atom stereocenters. The number of quaternary nitrogens is 1. The summed E-state index contributed by atoms with van der Waals surface area (Å²) in [5.74, 6) is 1.81. The minimum atomic E-state index is -0.431. The number of aliphatic hydroxyl groups excluding tert-OH is 1. The summed E-state index contributed by atoms with van der Waals surface area (Å²) in [6.45, 7) is 11.5. The quantitative estimate of drug-likeness (QED) is 0.747. The van der Waals surface area contributed by atoms with Crippen LogP contribution in [0.3, 0.4) is 0 Å². The molecule has 1 saturated heterocycles. The van der Waals surface area contributed by atoms with Gasteiger partial charge in [-0.2, -0.15) is 0 Å². The Hall–Kier alpha value is -1.17. The zero-order chi connectivity index (χ0) is 20.1. The fourth-order valence-electron chi connectivity index (χ4n) is 4.91. The molecule has 3 rings (SSSR count). The first kappa shape index (κ1) is 21.5. The molecule has 1 heterocycles. The van der Waals surface area contributed by atoms with Crippen LogP contribution in [0.5, 0.6) is 0 Å². The average Bonchev–Trinajstić information content (AvgIpc) is 2.67. The molecule has 158 valence electrons. The van der Waals surface area contributed by atoms with Gasteiger partial charge in [-0.05, 0) is 42.7 Å². The third kappa shape index (κ3) is 5.68. The van der Waals surface area contributed by atoms with E-state index in [-0.39, 0.29) is 11.9 Å². The second kappa shape index (κ2) is 10.0. The molecule has 1 saturated carbocycles. The molecule has 0 bridgehead atoms. The van der Waals surface area contributed by atoms with Gasteiger partial charge in [0.25, 0.3) is 0 Å². The van der Waals surface area contributed by atoms with Crippen molar-refractivity contribution < 1.29 is 19.1 Å². The first-order chi connectivity index (χ1) is 13.4. The third-order valence-electron chi connectivity index (χ3n) is 6.65. The van der Waals surface area contributed by atoms with Crippen molar-refractivity contribution >= 4 is 5.69 Å². The molecule has 1 aromatic carbocycles. The Labute approximate surface area is 169 Å². The SMILES string of the molecule is CC(C)[C@@H]1CC[C@H](C)C[C@H]1OC[C@H](O)C[NH+]1CCN(c2ccccc2F)CC1. The van der Waals surface area contributed by atoms with Gasteiger partial charge in [-0.25, -0.2) is 4.39 Å². The Morgan fingerprint density at radius 1 is 1.21 bits per heavy atom. The highest BCUT2D eigenvalue weighted by molar-refractivity contribution is 5.47. The number of para-hydroxylation sites is 1. The summed E-state index contributed by atoms with van der Waals surface area (Å²) in [4.78, 5) is 3.49. The van der Waals surface area contributed by atoms with Gasteiger partial charge in [0.15, 0.2) is 0 Å². The second-order valence-electron chi connectivity index (χ2n) is 9.24. The minimum absolute atomic E-state index is 0.152. The lowest BCUT2D eigenvalue weighted by Crippen LogP contribution is -3.16. The average molecular weight is 394 g/mol. The summed E-state index contributed by atoms with van der Waals surface area (Å²) in [6, 6.07) is 6.98. The zero-order valence-electron chi connectivity index (χ0n) is 17.7. The molecule has 2 aliphatic rings. The van der Waals surface area contributed by atoms with Crippen molar-refractivity contribution in [3.63, 3.8) is 0 Å². The van der Waals surface area contributed by atoms with Gasteiger partial charge in [-0.3, -0.25) is 0 Å². The number of hydrogen-bond donors (Lipinski definition) is 2. The van der Waals surface area contributed by atoms with E-state index in [0.717, 1.165) is 32.6 Å². The van der Waals surface area contributed by atoms with Crippen LogP contribution in [0.4, 0.5) is 10.1 Å². The Bertz CT molecular complexity index is 604. The van der Waals surface area contributed by atoms with Crippen LogP contribution in [0.1, 0.15) is 40.0 Å². The van der Waals surface area contributed by atoms with Crippen LogP contribution in [-0.2, 0) is 4.74 Å². The van der Waals surface area contributed by atoms with E-state index >= 15 is 0 Å². The predicted molar refractivity (Wildman–Crippen MR) is 111 cm³/mol. The van der Waals surface area contributed by atoms with Gasteiger partial charge in [0.05, 0.1) is 44.6 Å². The van der Waals surface area contributed by atoms with Gasteiger partial charge in [-0.1, -0.05) is 39.3 Å². The van der Waals surface area contributed by atoms with Crippen molar-refractivity contribution in [2.45, 2.75) is 52.2 Å². The summed E-state index contributed by atoms with van der Waals surface area (Å²) >= 11 is 0. The maximum absolute atomic E-state index is 14.0. The van der Waals surface area contributed by atoms with E-state index in [9.17, 15) is 9.50 Å². The summed E-state index contributed by atoms with van der Waals surface area (Å²) in [7, 11) is 0. The van der Waals surface area contributed by atoms with E-state index in [1.54, 1.807) is 6.07 Å². The molecule has 1 aliphatic heterocycles. The Kier molecular flexibility index (Phi) is 7.72. The molecule has 0 radical (unpaired) electrons. The number of hydrogen-bond acceptors (Lipinski definition) is 3. The molecule has 0 aromatic heterocycles. The summed E-state index contributed by atoms with van der Waals surface area (Å²) < 4.78 is 20.2. The van der Waals surface area contributed by atoms with E-state index in [4.69, 9.17) is 4.74 Å². The molecule has 0 spiro atoms. The van der Waals surface area contributed by atoms with Crippen molar-refractivity contribution in [1.29, 1.82) is 0 Å². The van der Waals surface area contributed by atoms with Crippen LogP contribution < -0.4 is 9.80 Å². The maximum Gasteiger partial charge on any atom is 0.146 e. The molecule has 1 aliphatic carbocycles. The maximum atomic E-state index is 14.0. The van der Waals surface area contributed by atoms with Gasteiger partial charge in [0.2, 0.25) is 0 Å². The number of anilines is 1. The highest BCUT2D eigenvalue weighted by atomic mass is 19.1. The Morgan fingerprint density at radius 3 is 2.61 bits per heavy atom. The highest BCUT2D eigenvalue weighted by Crippen LogP contribution is 2.35. The first-order valence-electron chi connectivity index (χ1n) is 11.1. The van der Waals surface area contributed by atoms with Gasteiger partial charge in [-0.15, -0.1) is 0 Å². The fourth-order valence-corrected chi connectivity index (χ4v) is 4.91. The first-order valence-corrected chi connectivity index (χ1v) is 11.1. The van der Waals surface area contributed by atoms with Crippen molar-refractivity contribution in [2.24, 2.45) is 17.8 Å². The van der Waals surface area contributed by atoms with E-state index in [1.807, 2.05) is 12.1 Å². The molecule has 0 unspecified atom stereocenters. The van der Waals surface area contributed by atoms with E-state index in [0.29, 0.717) is 36.6 Å². The molecule has 4 nitrogen and oxygen atoms in total. The monoisotopic (exact) mass is 393 g/mol. The molecular weight excluding hydrogens is 355 g/mol. The molecule has 0 amide bonds. The summed E-state index contributed by atoms with van der Waals surface area (Å²) in [5.41, 5.74) is 0.691. The number of ether oxygens (including phenoxy) is 1. The van der Waals surface area contributed by atoms with E-state index in [2.05, 4.69) is 25.7 Å². The van der Waals surface area contributed by atoms with Gasteiger partial charge in [0, 0.05) is 0 Å². The second-order valence-corrected chi connectivity index (χ2v) is 9.24. The predicted octanol–water partition coefficient (Wildman–Crippen LogP) is 2.37. The lowest BCUT2D eigenvalue weighted by molar-refractivity contribution is -0.903. The fraction of sp³-hybridized carbons (Fsp3) is 0.739. The molecule has 2 N–H and O–H groups in total. The molecule has 1 aromatic rings. The summed E-state index contributed by atoms with van der Waals surface area (Å²) in [6.07, 6.45) is 3.50. The highest BCUT2D eigenvalue weighted by Gasteiger charge is 2.32. The standard InChI is InChI=1S/C23H37FN2O2/c1-17(2)20-9-8-18(3)14-23(20)28-16-19(27)15-25-10-12-26(13-11-25)22-7-5-4-6-21(22)24/h4-7,17-20,23,27H,8-16H2,1-3H3/p+1/t18-,19+,20-,23+/m0/s1. The molecule has 28 heavy (non-hydrogen) atoms. The van der Waals surface area contributed by atoms with Crippen LogP contribution in [0.15, 0.2) is 24.3 Å². The van der Waals surface area contributed by atoms with Gasteiger partial charge >= 0.3 is 0 Å². The number of halogens is 1. The topological polar surface area (TPSA) is 37.1 Å². The van der Waals surface area contributed by atoms with Crippen LogP contribution in [-0.4, -0.2) is 56.6 Å². The Morgan fingerprint density at radius 2 is 1.93 bits per heavy atom. The van der Waals surface area contributed by atoms with Gasteiger partial charge < -0.3 is 19.6 Å². The number of aliphatic hydroxyl groups is 1. The Balaban J connectivity index is 1.42. The largest absolute Gasteiger partial charge is 0.385 e. The normalized spacial score (nSPS) is 27.9. The van der Waals surface area contributed by atoms with Crippen LogP contribution in [0, 0.1) is 23.6 Å². The van der Waals surface area contributed by atoms with Crippen molar-refractivity contribution in [1.82, 2.24) is 0 Å². The van der Waals surface area contributed by atoms with Crippen LogP contribution >= 0.6 is 0 Å². The van der Waals surface area contributed by atoms with Crippen molar-refractivity contribution in [3.05, 3.63) is 30.1 Å². The minimum Gasteiger partial charge on any atom is -0.385 e. The van der Waals surface area contributed by atoms with Crippen LogP contribution in [0.2, 0.25) is 0 Å². The lowest BCUT2D eigenvalue weighted by Gasteiger charge is -2.38. The van der Waals surface area contributed by atoms with Gasteiger partial charge in [0.1, 0.15) is 18.5 Å². The number of rotatable bonds is 7. The van der Waals surface area contributed by atoms with Crippen molar-refractivity contribution in [3.8, 4) is 0 Å². The lowest BCUT2D eigenvalue weighted by atomic mass is 9.75. The zero-order valence-corrected chi connectivity index (χ0v) is 17.7. The molecular formula is C23H38FN2O2+. The number of nitrogens with one attached hydrogen (secondary N) is 1. The van der Waals surface area contributed by atoms with Crippen LogP contribution in [0.25, 0.3) is 0 Å². The molecule has 2 fully saturated rings.